The Morgan fingerprint density at radius 2 is 1.97 bits per heavy atom. The maximum Gasteiger partial charge on any atom is 0.271 e. The van der Waals surface area contributed by atoms with E-state index in [2.05, 4.69) is 21.2 Å². The van der Waals surface area contributed by atoms with Crippen molar-refractivity contribution in [3.8, 4) is 11.8 Å². The summed E-state index contributed by atoms with van der Waals surface area (Å²) in [4.78, 5) is 23.0. The van der Waals surface area contributed by atoms with Crippen LogP contribution in [0.2, 0.25) is 5.02 Å². The first kappa shape index (κ1) is 23.0. The van der Waals surface area contributed by atoms with Crippen molar-refractivity contribution in [1.29, 1.82) is 5.26 Å². The van der Waals surface area contributed by atoms with Gasteiger partial charge in [-0.3, -0.25) is 14.9 Å². The Balaban J connectivity index is 1.84. The molecule has 0 aromatic heterocycles. The van der Waals surface area contributed by atoms with Crippen molar-refractivity contribution in [2.24, 2.45) is 0 Å². The van der Waals surface area contributed by atoms with Gasteiger partial charge in [-0.1, -0.05) is 51.8 Å². The molecule has 7 nitrogen and oxygen atoms in total. The molecule has 0 atom stereocenters. The number of nitrogens with one attached hydrogen (secondary N) is 1. The highest BCUT2D eigenvalue weighted by Gasteiger charge is 2.14. The molecule has 0 heterocycles. The highest BCUT2D eigenvalue weighted by Crippen LogP contribution is 2.28. The van der Waals surface area contributed by atoms with Crippen LogP contribution in [0.3, 0.4) is 0 Å². The van der Waals surface area contributed by atoms with Gasteiger partial charge in [-0.15, -0.1) is 0 Å². The summed E-state index contributed by atoms with van der Waals surface area (Å²) in [7, 11) is 0. The molecular weight excluding hydrogens is 498 g/mol. The third-order valence-corrected chi connectivity index (χ3v) is 5.30. The van der Waals surface area contributed by atoms with E-state index in [0.29, 0.717) is 16.3 Å². The topological polar surface area (TPSA) is 105 Å². The molecule has 0 aliphatic carbocycles. The molecule has 1 amide bonds. The smallest absolute Gasteiger partial charge is 0.271 e. The van der Waals surface area contributed by atoms with Gasteiger partial charge in [-0.05, 0) is 36.4 Å². The number of carbonyl (C=O) groups is 1. The summed E-state index contributed by atoms with van der Waals surface area (Å²) < 4.78 is 6.78. The van der Waals surface area contributed by atoms with Crippen molar-refractivity contribution < 1.29 is 14.5 Å². The number of nitrogens with zero attached hydrogens (tertiary/aromatic N) is 2. The number of hydrogen-bond donors (Lipinski definition) is 1. The van der Waals surface area contributed by atoms with Crippen LogP contribution >= 0.6 is 27.5 Å². The summed E-state index contributed by atoms with van der Waals surface area (Å²) in [5, 5.41) is 23.3. The standard InChI is InChI=1S/C23H15BrClN3O4/c24-21-7-2-1-4-15(21)14-32-22-9-8-18(25)11-16(22)10-17(13-26)23(29)27-19-5-3-6-20(12-19)28(30)31/h1-12H,14H2,(H,27,29)/b17-10+. The van der Waals surface area contributed by atoms with Crippen LogP contribution in [0, 0.1) is 21.4 Å². The number of nitriles is 1. The number of nitro benzene ring substituents is 1. The Hall–Kier alpha value is -3.67. The maximum atomic E-state index is 12.6. The number of anilines is 1. The van der Waals surface area contributed by atoms with Crippen molar-refractivity contribution in [3.63, 3.8) is 0 Å². The Kier molecular flexibility index (Phi) is 7.60. The number of ether oxygens (including phenoxy) is 1. The minimum atomic E-state index is -0.718. The quantitative estimate of drug-likeness (QED) is 0.177. The fourth-order valence-corrected chi connectivity index (χ4v) is 3.31. The lowest BCUT2D eigenvalue weighted by molar-refractivity contribution is -0.384. The van der Waals surface area contributed by atoms with Gasteiger partial charge < -0.3 is 10.1 Å². The molecule has 32 heavy (non-hydrogen) atoms. The number of amides is 1. The lowest BCUT2D eigenvalue weighted by atomic mass is 10.1. The van der Waals surface area contributed by atoms with E-state index in [9.17, 15) is 20.2 Å². The zero-order valence-electron chi connectivity index (χ0n) is 16.4. The van der Waals surface area contributed by atoms with E-state index < -0.39 is 10.8 Å². The van der Waals surface area contributed by atoms with Crippen LogP contribution in [0.4, 0.5) is 11.4 Å². The molecule has 0 saturated carbocycles. The van der Waals surface area contributed by atoms with Crippen LogP contribution < -0.4 is 10.1 Å². The third-order valence-electron chi connectivity index (χ3n) is 4.29. The van der Waals surface area contributed by atoms with Gasteiger partial charge in [0.1, 0.15) is 24.0 Å². The first-order valence-corrected chi connectivity index (χ1v) is 10.4. The minimum Gasteiger partial charge on any atom is -0.488 e. The number of halogens is 2. The Morgan fingerprint density at radius 1 is 1.19 bits per heavy atom. The van der Waals surface area contributed by atoms with E-state index in [0.717, 1.165) is 10.0 Å². The second-order valence-electron chi connectivity index (χ2n) is 6.49. The number of hydrogen-bond acceptors (Lipinski definition) is 5. The predicted molar refractivity (Wildman–Crippen MR) is 125 cm³/mol. The van der Waals surface area contributed by atoms with Gasteiger partial charge in [0, 0.05) is 38.4 Å². The average molecular weight is 513 g/mol. The van der Waals surface area contributed by atoms with Gasteiger partial charge in [-0.2, -0.15) is 5.26 Å². The van der Waals surface area contributed by atoms with Gasteiger partial charge in [0.05, 0.1) is 4.92 Å². The second kappa shape index (κ2) is 10.6. The summed E-state index contributed by atoms with van der Waals surface area (Å²) in [6, 6.07) is 19.7. The Labute approximate surface area is 197 Å². The Bertz CT molecular complexity index is 1250. The zero-order chi connectivity index (χ0) is 23.1. The fourth-order valence-electron chi connectivity index (χ4n) is 2.73. The summed E-state index contributed by atoms with van der Waals surface area (Å²) in [5.41, 5.74) is 1.16. The predicted octanol–water partition coefficient (Wildman–Crippen LogP) is 6.14. The van der Waals surface area contributed by atoms with E-state index in [1.165, 1.54) is 30.3 Å². The summed E-state index contributed by atoms with van der Waals surface area (Å²) in [6.45, 7) is 0.256. The first-order valence-electron chi connectivity index (χ1n) is 9.20. The molecule has 3 aromatic carbocycles. The molecule has 0 spiro atoms. The molecule has 0 aliphatic rings. The Morgan fingerprint density at radius 3 is 2.69 bits per heavy atom. The summed E-state index contributed by atoms with van der Waals surface area (Å²) in [6.07, 6.45) is 1.36. The normalized spacial score (nSPS) is 10.8. The zero-order valence-corrected chi connectivity index (χ0v) is 18.8. The monoisotopic (exact) mass is 511 g/mol. The molecule has 160 valence electrons. The van der Waals surface area contributed by atoms with Crippen molar-refractivity contribution >= 4 is 50.9 Å². The van der Waals surface area contributed by atoms with E-state index in [1.54, 1.807) is 18.2 Å². The lowest BCUT2D eigenvalue weighted by Crippen LogP contribution is -2.13. The van der Waals surface area contributed by atoms with Gasteiger partial charge in [-0.25, -0.2) is 0 Å². The molecule has 3 aromatic rings. The molecular formula is C23H15BrClN3O4. The number of rotatable bonds is 7. The largest absolute Gasteiger partial charge is 0.488 e. The average Bonchev–Trinajstić information content (AvgIpc) is 2.78. The fraction of sp³-hybridized carbons (Fsp3) is 0.0435. The molecule has 0 fully saturated rings. The number of non-ortho nitro benzene ring substituents is 1. The molecule has 0 bridgehead atoms. The molecule has 1 N–H and O–H groups in total. The molecule has 3 rings (SSSR count). The lowest BCUT2D eigenvalue weighted by Gasteiger charge is -2.11. The van der Waals surface area contributed by atoms with Crippen LogP contribution in [0.15, 0.2) is 76.8 Å². The molecule has 0 unspecified atom stereocenters. The highest BCUT2D eigenvalue weighted by atomic mass is 79.9. The van der Waals surface area contributed by atoms with Crippen molar-refractivity contribution in [1.82, 2.24) is 0 Å². The van der Waals surface area contributed by atoms with Gasteiger partial charge in [0.2, 0.25) is 0 Å². The van der Waals surface area contributed by atoms with Crippen molar-refractivity contribution in [2.45, 2.75) is 6.61 Å². The molecule has 9 heteroatoms. The third kappa shape index (κ3) is 5.94. The van der Waals surface area contributed by atoms with Gasteiger partial charge in [0.25, 0.3) is 11.6 Å². The van der Waals surface area contributed by atoms with Crippen molar-refractivity contribution in [3.05, 3.63) is 103 Å². The van der Waals surface area contributed by atoms with Crippen LogP contribution in [-0.4, -0.2) is 10.8 Å². The minimum absolute atomic E-state index is 0.178. The van der Waals surface area contributed by atoms with E-state index in [-0.39, 0.29) is 23.6 Å². The van der Waals surface area contributed by atoms with Crippen molar-refractivity contribution in [2.75, 3.05) is 5.32 Å². The second-order valence-corrected chi connectivity index (χ2v) is 7.78. The number of benzene rings is 3. The van der Waals surface area contributed by atoms with Gasteiger partial charge >= 0.3 is 0 Å². The van der Waals surface area contributed by atoms with E-state index in [4.69, 9.17) is 16.3 Å². The summed E-state index contributed by atoms with van der Waals surface area (Å²) >= 11 is 9.57. The number of carbonyl (C=O) groups excluding carboxylic acids is 1. The van der Waals surface area contributed by atoms with Crippen LogP contribution in [-0.2, 0) is 11.4 Å². The van der Waals surface area contributed by atoms with E-state index >= 15 is 0 Å². The molecule has 0 saturated heterocycles. The van der Waals surface area contributed by atoms with Crippen LogP contribution in [0.25, 0.3) is 6.08 Å². The van der Waals surface area contributed by atoms with Crippen LogP contribution in [0.1, 0.15) is 11.1 Å². The van der Waals surface area contributed by atoms with Gasteiger partial charge in [0.15, 0.2) is 0 Å². The molecule has 0 radical (unpaired) electrons. The maximum absolute atomic E-state index is 12.6. The van der Waals surface area contributed by atoms with Crippen LogP contribution in [0.5, 0.6) is 5.75 Å². The SMILES string of the molecule is N#C/C(=C\c1cc(Cl)ccc1OCc1ccccc1Br)C(=O)Nc1cccc([N+](=O)[O-])c1. The highest BCUT2D eigenvalue weighted by molar-refractivity contribution is 9.10. The number of nitro groups is 1. The summed E-state index contributed by atoms with van der Waals surface area (Å²) in [5.74, 6) is -0.286. The van der Waals surface area contributed by atoms with E-state index in [1.807, 2.05) is 30.3 Å². The first-order chi connectivity index (χ1) is 15.4. The molecule has 0 aliphatic heterocycles.